The summed E-state index contributed by atoms with van der Waals surface area (Å²) in [5.41, 5.74) is 1.87. The average molecular weight is 360 g/mol. The van der Waals surface area contributed by atoms with Crippen molar-refractivity contribution in [3.63, 3.8) is 0 Å². The normalized spacial score (nSPS) is 11.0. The summed E-state index contributed by atoms with van der Waals surface area (Å²) in [5.74, 6) is -0.450. The van der Waals surface area contributed by atoms with Crippen LogP contribution in [0.5, 0.6) is 0 Å². The Balaban J connectivity index is 1.83. The molecule has 0 saturated carbocycles. The number of benzene rings is 2. The summed E-state index contributed by atoms with van der Waals surface area (Å²) in [4.78, 5) is 16.7. The lowest BCUT2D eigenvalue weighted by atomic mass is 9.98. The maximum absolute atomic E-state index is 12.6. The van der Waals surface area contributed by atoms with Crippen molar-refractivity contribution in [2.24, 2.45) is 0 Å². The first-order chi connectivity index (χ1) is 12.8. The van der Waals surface area contributed by atoms with Crippen LogP contribution < -0.4 is 10.6 Å². The van der Waals surface area contributed by atoms with Gasteiger partial charge in [-0.25, -0.2) is 4.98 Å². The Kier molecular flexibility index (Phi) is 5.76. The van der Waals surface area contributed by atoms with Crippen molar-refractivity contribution >= 4 is 22.4 Å². The Labute approximate surface area is 155 Å². The van der Waals surface area contributed by atoms with Crippen LogP contribution in [0.25, 0.3) is 0 Å². The third kappa shape index (κ3) is 4.35. The predicted molar refractivity (Wildman–Crippen MR) is 102 cm³/mol. The van der Waals surface area contributed by atoms with Gasteiger partial charge in [-0.05, 0) is 11.1 Å². The number of carbonyl (C=O) groups excluding carboxylic acids is 1. The zero-order chi connectivity index (χ0) is 18.2. The standard InChI is InChI=1S/C20H16N4OS/c21-13-17(14-23-20-22-11-12-26-20)19(25)24-18(15-7-3-1-4-8-15)16-9-5-2-6-10-16/h1-12,14,18H,(H,22,23)(H,24,25)/b17-14-. The number of carbonyl (C=O) groups is 1. The maximum Gasteiger partial charge on any atom is 0.264 e. The number of aromatic nitrogens is 1. The molecule has 6 heteroatoms. The Bertz CT molecular complexity index is 876. The highest BCUT2D eigenvalue weighted by atomic mass is 32.1. The molecule has 0 bridgehead atoms. The van der Waals surface area contributed by atoms with E-state index in [1.54, 1.807) is 6.20 Å². The number of nitrogens with one attached hydrogen (secondary N) is 2. The minimum atomic E-state index is -0.450. The van der Waals surface area contributed by atoms with Crippen molar-refractivity contribution in [2.45, 2.75) is 6.04 Å². The lowest BCUT2D eigenvalue weighted by Gasteiger charge is -2.19. The topological polar surface area (TPSA) is 77.8 Å². The molecule has 0 atom stereocenters. The van der Waals surface area contributed by atoms with Gasteiger partial charge in [-0.1, -0.05) is 60.7 Å². The third-order valence-electron chi connectivity index (χ3n) is 3.68. The Morgan fingerprint density at radius 2 is 1.69 bits per heavy atom. The maximum atomic E-state index is 12.6. The van der Waals surface area contributed by atoms with Crippen molar-refractivity contribution in [2.75, 3.05) is 5.32 Å². The molecule has 0 aliphatic heterocycles. The van der Waals surface area contributed by atoms with Crippen LogP contribution in [0.1, 0.15) is 17.2 Å². The van der Waals surface area contributed by atoms with Crippen molar-refractivity contribution < 1.29 is 4.79 Å². The minimum Gasteiger partial charge on any atom is -0.340 e. The van der Waals surface area contributed by atoms with E-state index in [-0.39, 0.29) is 11.6 Å². The molecule has 3 aromatic rings. The number of anilines is 1. The molecule has 128 valence electrons. The number of amides is 1. The van der Waals surface area contributed by atoms with Gasteiger partial charge in [-0.3, -0.25) is 4.79 Å². The summed E-state index contributed by atoms with van der Waals surface area (Å²) in [6.07, 6.45) is 3.02. The van der Waals surface area contributed by atoms with Gasteiger partial charge in [0.05, 0.1) is 6.04 Å². The molecule has 0 aliphatic rings. The first-order valence-electron chi connectivity index (χ1n) is 7.95. The van der Waals surface area contributed by atoms with Gasteiger partial charge >= 0.3 is 0 Å². The predicted octanol–water partition coefficient (Wildman–Crippen LogP) is 3.87. The highest BCUT2D eigenvalue weighted by Crippen LogP contribution is 2.22. The molecule has 0 aliphatic carbocycles. The van der Waals surface area contributed by atoms with Crippen LogP contribution in [0.4, 0.5) is 5.13 Å². The average Bonchev–Trinajstić information content (AvgIpc) is 3.21. The van der Waals surface area contributed by atoms with Crippen LogP contribution in [-0.2, 0) is 4.79 Å². The lowest BCUT2D eigenvalue weighted by Crippen LogP contribution is -2.30. The SMILES string of the molecule is N#C/C(=C/Nc1nccs1)C(=O)NC(c1ccccc1)c1ccccc1. The number of nitrogens with zero attached hydrogens (tertiary/aromatic N) is 2. The number of thiazole rings is 1. The summed E-state index contributed by atoms with van der Waals surface area (Å²) >= 11 is 1.39. The van der Waals surface area contributed by atoms with E-state index < -0.39 is 5.91 Å². The molecule has 1 heterocycles. The molecule has 0 unspecified atom stereocenters. The first kappa shape index (κ1) is 17.4. The van der Waals surface area contributed by atoms with E-state index in [4.69, 9.17) is 0 Å². The molecular formula is C20H16N4OS. The second kappa shape index (κ2) is 8.60. The smallest absolute Gasteiger partial charge is 0.264 e. The van der Waals surface area contributed by atoms with E-state index in [0.29, 0.717) is 5.13 Å². The molecule has 1 amide bonds. The van der Waals surface area contributed by atoms with Crippen LogP contribution in [-0.4, -0.2) is 10.9 Å². The van der Waals surface area contributed by atoms with E-state index in [2.05, 4.69) is 15.6 Å². The summed E-state index contributed by atoms with van der Waals surface area (Å²) < 4.78 is 0. The second-order valence-electron chi connectivity index (χ2n) is 5.38. The molecule has 5 nitrogen and oxygen atoms in total. The van der Waals surface area contributed by atoms with Crippen molar-refractivity contribution in [1.82, 2.24) is 10.3 Å². The van der Waals surface area contributed by atoms with E-state index in [0.717, 1.165) is 11.1 Å². The Morgan fingerprint density at radius 3 is 2.19 bits per heavy atom. The van der Waals surface area contributed by atoms with Gasteiger partial charge in [0.2, 0.25) is 0 Å². The van der Waals surface area contributed by atoms with Gasteiger partial charge in [-0.2, -0.15) is 5.26 Å². The van der Waals surface area contributed by atoms with Gasteiger partial charge in [0.25, 0.3) is 5.91 Å². The van der Waals surface area contributed by atoms with Crippen molar-refractivity contribution in [1.29, 1.82) is 5.26 Å². The summed E-state index contributed by atoms with van der Waals surface area (Å²) in [6.45, 7) is 0. The summed E-state index contributed by atoms with van der Waals surface area (Å²) in [5, 5.41) is 17.6. The van der Waals surface area contributed by atoms with Crippen LogP contribution in [0.15, 0.2) is 84.0 Å². The number of hydrogen-bond acceptors (Lipinski definition) is 5. The molecule has 0 fully saturated rings. The zero-order valence-electron chi connectivity index (χ0n) is 13.8. The highest BCUT2D eigenvalue weighted by molar-refractivity contribution is 7.13. The lowest BCUT2D eigenvalue weighted by molar-refractivity contribution is -0.117. The molecule has 2 N–H and O–H groups in total. The highest BCUT2D eigenvalue weighted by Gasteiger charge is 2.19. The number of hydrogen-bond donors (Lipinski definition) is 2. The molecule has 2 aromatic carbocycles. The van der Waals surface area contributed by atoms with Crippen LogP contribution in [0.3, 0.4) is 0 Å². The number of rotatable bonds is 6. The van der Waals surface area contributed by atoms with Crippen molar-refractivity contribution in [3.05, 3.63) is 95.1 Å². The molecule has 3 rings (SSSR count). The zero-order valence-corrected chi connectivity index (χ0v) is 14.6. The van der Waals surface area contributed by atoms with Crippen molar-refractivity contribution in [3.8, 4) is 6.07 Å². The van der Waals surface area contributed by atoms with Gasteiger partial charge in [0.1, 0.15) is 11.6 Å². The van der Waals surface area contributed by atoms with Gasteiger partial charge < -0.3 is 10.6 Å². The van der Waals surface area contributed by atoms with E-state index >= 15 is 0 Å². The minimum absolute atomic E-state index is 0.0166. The second-order valence-corrected chi connectivity index (χ2v) is 6.27. The van der Waals surface area contributed by atoms with Gasteiger partial charge in [-0.15, -0.1) is 11.3 Å². The molecular weight excluding hydrogens is 344 g/mol. The van der Waals surface area contributed by atoms with Gasteiger partial charge in [0, 0.05) is 17.8 Å². The fraction of sp³-hybridized carbons (Fsp3) is 0.0500. The van der Waals surface area contributed by atoms with E-state index in [9.17, 15) is 10.1 Å². The third-order valence-corrected chi connectivity index (χ3v) is 4.38. The van der Waals surface area contributed by atoms with Crippen LogP contribution in [0.2, 0.25) is 0 Å². The van der Waals surface area contributed by atoms with Crippen LogP contribution >= 0.6 is 11.3 Å². The van der Waals surface area contributed by atoms with Gasteiger partial charge in [0.15, 0.2) is 5.13 Å². The molecule has 0 radical (unpaired) electrons. The van der Waals surface area contributed by atoms with E-state index in [1.807, 2.05) is 72.1 Å². The molecule has 26 heavy (non-hydrogen) atoms. The molecule has 0 spiro atoms. The van der Waals surface area contributed by atoms with Crippen LogP contribution in [0, 0.1) is 11.3 Å². The molecule has 1 aromatic heterocycles. The fourth-order valence-corrected chi connectivity index (χ4v) is 2.94. The largest absolute Gasteiger partial charge is 0.340 e. The first-order valence-corrected chi connectivity index (χ1v) is 8.83. The molecule has 0 saturated heterocycles. The Morgan fingerprint density at radius 1 is 1.08 bits per heavy atom. The number of nitriles is 1. The Hall–Kier alpha value is -3.43. The fourth-order valence-electron chi connectivity index (χ4n) is 2.44. The van der Waals surface area contributed by atoms with E-state index in [1.165, 1.54) is 17.5 Å². The summed E-state index contributed by atoms with van der Waals surface area (Å²) in [7, 11) is 0. The monoisotopic (exact) mass is 360 g/mol. The quantitative estimate of drug-likeness (QED) is 0.517. The summed E-state index contributed by atoms with van der Waals surface area (Å²) in [6, 6.07) is 20.9.